The summed E-state index contributed by atoms with van der Waals surface area (Å²) in [6.07, 6.45) is 5.01. The summed E-state index contributed by atoms with van der Waals surface area (Å²) in [6, 6.07) is 0. The second kappa shape index (κ2) is 8.27. The predicted molar refractivity (Wildman–Crippen MR) is 49.6 cm³/mol. The number of carbonyl (C=O) groups excluding carboxylic acids is 1. The maximum absolute atomic E-state index is 11.0. The van der Waals surface area contributed by atoms with Crippen molar-refractivity contribution >= 4 is 5.91 Å². The summed E-state index contributed by atoms with van der Waals surface area (Å²) in [5.74, 6) is 0.0832. The van der Waals surface area contributed by atoms with E-state index in [9.17, 15) is 4.79 Å². The molecule has 0 saturated carbocycles. The number of nitrogens with one attached hydrogen (secondary N) is 2. The summed E-state index contributed by atoms with van der Waals surface area (Å²) in [5, 5.41) is 2.71. The first-order chi connectivity index (χ1) is 5.81. The normalized spacial score (nSPS) is 9.42. The van der Waals surface area contributed by atoms with E-state index in [4.69, 9.17) is 5.73 Å². The van der Waals surface area contributed by atoms with Gasteiger partial charge in [0.15, 0.2) is 0 Å². The van der Waals surface area contributed by atoms with E-state index in [1.807, 2.05) is 0 Å². The molecular weight excluding hydrogens is 152 g/mol. The van der Waals surface area contributed by atoms with Gasteiger partial charge in [0.2, 0.25) is 5.91 Å². The summed E-state index contributed by atoms with van der Waals surface area (Å²) in [5.41, 5.74) is 6.89. The smallest absolute Gasteiger partial charge is 0.220 e. The molecule has 0 spiro atoms. The van der Waals surface area contributed by atoms with E-state index in [1.165, 1.54) is 0 Å². The van der Waals surface area contributed by atoms with E-state index < -0.39 is 0 Å². The molecule has 0 aliphatic heterocycles. The fourth-order valence-corrected chi connectivity index (χ4v) is 0.862. The third-order valence-electron chi connectivity index (χ3n) is 1.52. The zero-order valence-corrected chi connectivity index (χ0v) is 7.44. The molecule has 0 aromatic rings. The SMILES string of the molecule is C=CCNC(=O)CCCCC[NH]. The molecule has 12 heavy (non-hydrogen) atoms. The maximum atomic E-state index is 11.0. The number of hydrogen-bond acceptors (Lipinski definition) is 1. The summed E-state index contributed by atoms with van der Waals surface area (Å²) < 4.78 is 0. The Kier molecular flexibility index (Phi) is 7.70. The monoisotopic (exact) mass is 169 g/mol. The number of amides is 1. The lowest BCUT2D eigenvalue weighted by Crippen LogP contribution is -2.22. The molecule has 0 aliphatic rings. The average molecular weight is 169 g/mol. The first kappa shape index (κ1) is 11.2. The van der Waals surface area contributed by atoms with Crippen molar-refractivity contribution in [3.8, 4) is 0 Å². The van der Waals surface area contributed by atoms with Gasteiger partial charge in [-0.3, -0.25) is 10.5 Å². The highest BCUT2D eigenvalue weighted by Gasteiger charge is 1.97. The highest BCUT2D eigenvalue weighted by Crippen LogP contribution is 1.97. The van der Waals surface area contributed by atoms with Crippen LogP contribution >= 0.6 is 0 Å². The van der Waals surface area contributed by atoms with Gasteiger partial charge >= 0.3 is 0 Å². The van der Waals surface area contributed by atoms with Crippen LogP contribution in [-0.4, -0.2) is 19.0 Å². The molecule has 0 rings (SSSR count). The molecule has 3 heteroatoms. The molecule has 0 saturated heterocycles. The highest BCUT2D eigenvalue weighted by atomic mass is 16.1. The Bertz CT molecular complexity index is 134. The van der Waals surface area contributed by atoms with Crippen LogP contribution in [0.3, 0.4) is 0 Å². The van der Waals surface area contributed by atoms with Gasteiger partial charge in [-0.1, -0.05) is 12.5 Å². The van der Waals surface area contributed by atoms with Crippen LogP contribution in [0.5, 0.6) is 0 Å². The van der Waals surface area contributed by atoms with Gasteiger partial charge in [0.05, 0.1) is 0 Å². The quantitative estimate of drug-likeness (QED) is 0.451. The Morgan fingerprint density at radius 2 is 2.17 bits per heavy atom. The lowest BCUT2D eigenvalue weighted by Gasteiger charge is -2.00. The van der Waals surface area contributed by atoms with Crippen LogP contribution in [0.1, 0.15) is 25.7 Å². The average Bonchev–Trinajstić information content (AvgIpc) is 2.09. The lowest BCUT2D eigenvalue weighted by atomic mass is 10.2. The third kappa shape index (κ3) is 7.28. The largest absolute Gasteiger partial charge is 0.353 e. The highest BCUT2D eigenvalue weighted by molar-refractivity contribution is 5.75. The van der Waals surface area contributed by atoms with Gasteiger partial charge < -0.3 is 5.32 Å². The first-order valence-electron chi connectivity index (χ1n) is 4.33. The topological polar surface area (TPSA) is 52.9 Å². The maximum Gasteiger partial charge on any atom is 0.220 e. The van der Waals surface area contributed by atoms with Gasteiger partial charge in [-0.15, -0.1) is 6.58 Å². The molecule has 0 aromatic heterocycles. The molecular formula is C9H17N2O. The van der Waals surface area contributed by atoms with Crippen LogP contribution in [0.4, 0.5) is 0 Å². The van der Waals surface area contributed by atoms with Crippen LogP contribution in [-0.2, 0) is 4.79 Å². The van der Waals surface area contributed by atoms with Gasteiger partial charge in [-0.2, -0.15) is 0 Å². The predicted octanol–water partition coefficient (Wildman–Crippen LogP) is 1.13. The summed E-state index contributed by atoms with van der Waals surface area (Å²) in [6.45, 7) is 4.52. The molecule has 0 aromatic carbocycles. The fraction of sp³-hybridized carbons (Fsp3) is 0.667. The molecule has 2 N–H and O–H groups in total. The van der Waals surface area contributed by atoms with Crippen molar-refractivity contribution in [2.24, 2.45) is 0 Å². The van der Waals surface area contributed by atoms with Gasteiger partial charge in [0.1, 0.15) is 0 Å². The zero-order chi connectivity index (χ0) is 9.23. The van der Waals surface area contributed by atoms with Crippen LogP contribution in [0.25, 0.3) is 0 Å². The molecule has 1 radical (unpaired) electrons. The summed E-state index contributed by atoms with van der Waals surface area (Å²) >= 11 is 0. The second-order valence-electron chi connectivity index (χ2n) is 2.65. The van der Waals surface area contributed by atoms with Crippen LogP contribution in [0.15, 0.2) is 12.7 Å². The Hall–Kier alpha value is -0.830. The van der Waals surface area contributed by atoms with Crippen molar-refractivity contribution in [2.75, 3.05) is 13.1 Å². The van der Waals surface area contributed by atoms with Crippen LogP contribution < -0.4 is 11.1 Å². The lowest BCUT2D eigenvalue weighted by molar-refractivity contribution is -0.121. The molecule has 0 fully saturated rings. The van der Waals surface area contributed by atoms with Crippen molar-refractivity contribution in [3.63, 3.8) is 0 Å². The van der Waals surface area contributed by atoms with Crippen molar-refractivity contribution in [3.05, 3.63) is 12.7 Å². The third-order valence-corrected chi connectivity index (χ3v) is 1.52. The van der Waals surface area contributed by atoms with Crippen molar-refractivity contribution in [2.45, 2.75) is 25.7 Å². The molecule has 0 heterocycles. The minimum Gasteiger partial charge on any atom is -0.353 e. The van der Waals surface area contributed by atoms with Crippen molar-refractivity contribution < 1.29 is 4.79 Å². The fourth-order valence-electron chi connectivity index (χ4n) is 0.862. The second-order valence-corrected chi connectivity index (χ2v) is 2.65. The summed E-state index contributed by atoms with van der Waals surface area (Å²) in [7, 11) is 0. The summed E-state index contributed by atoms with van der Waals surface area (Å²) in [4.78, 5) is 11.0. The first-order valence-corrected chi connectivity index (χ1v) is 4.33. The van der Waals surface area contributed by atoms with Gasteiger partial charge in [-0.25, -0.2) is 0 Å². The standard InChI is InChI=1S/C9H17N2O/c1-2-8-11-9(12)6-4-3-5-7-10/h2,10H,1,3-8H2,(H,11,12). The molecule has 0 atom stereocenters. The minimum absolute atomic E-state index is 0.0832. The molecule has 0 bridgehead atoms. The van der Waals surface area contributed by atoms with Gasteiger partial charge in [0, 0.05) is 19.5 Å². The van der Waals surface area contributed by atoms with E-state index in [-0.39, 0.29) is 5.91 Å². The Labute approximate surface area is 74.0 Å². The number of unbranched alkanes of at least 4 members (excludes halogenated alkanes) is 2. The Morgan fingerprint density at radius 1 is 1.42 bits per heavy atom. The number of hydrogen-bond donors (Lipinski definition) is 1. The minimum atomic E-state index is 0.0832. The van der Waals surface area contributed by atoms with Crippen molar-refractivity contribution in [1.82, 2.24) is 11.1 Å². The molecule has 0 aliphatic carbocycles. The number of rotatable bonds is 7. The molecule has 3 nitrogen and oxygen atoms in total. The molecule has 69 valence electrons. The van der Waals surface area contributed by atoms with Crippen LogP contribution in [0, 0.1) is 0 Å². The molecule has 0 unspecified atom stereocenters. The van der Waals surface area contributed by atoms with E-state index in [0.29, 0.717) is 19.5 Å². The van der Waals surface area contributed by atoms with Crippen LogP contribution in [0.2, 0.25) is 0 Å². The molecule has 1 amide bonds. The van der Waals surface area contributed by atoms with E-state index >= 15 is 0 Å². The van der Waals surface area contributed by atoms with Gasteiger partial charge in [-0.05, 0) is 12.8 Å². The van der Waals surface area contributed by atoms with E-state index in [2.05, 4.69) is 11.9 Å². The number of carbonyl (C=O) groups is 1. The van der Waals surface area contributed by atoms with Crippen molar-refractivity contribution in [1.29, 1.82) is 0 Å². The zero-order valence-electron chi connectivity index (χ0n) is 7.44. The van der Waals surface area contributed by atoms with E-state index in [1.54, 1.807) is 6.08 Å². The van der Waals surface area contributed by atoms with Gasteiger partial charge in [0.25, 0.3) is 0 Å². The Morgan fingerprint density at radius 3 is 2.75 bits per heavy atom. The van der Waals surface area contributed by atoms with E-state index in [0.717, 1.165) is 19.3 Å². The Balaban J connectivity index is 3.13.